The SMILES string of the molecule is Cc1cc(Nc2nc(NCc3cccc(Br)c3)nc3[nH]ncc23)n[nH]1. The highest BCUT2D eigenvalue weighted by Crippen LogP contribution is 2.23. The molecule has 0 fully saturated rings. The molecule has 8 nitrogen and oxygen atoms in total. The Bertz CT molecular complexity index is 1020. The Morgan fingerprint density at radius 3 is 2.88 bits per heavy atom. The average molecular weight is 399 g/mol. The third-order valence-electron chi connectivity index (χ3n) is 3.60. The molecule has 0 amide bonds. The predicted octanol–water partition coefficient (Wildman–Crippen LogP) is 3.50. The number of benzene rings is 1. The van der Waals surface area contributed by atoms with Gasteiger partial charge in [-0.05, 0) is 24.6 Å². The lowest BCUT2D eigenvalue weighted by molar-refractivity contribution is 1.04. The van der Waals surface area contributed by atoms with E-state index >= 15 is 0 Å². The van der Waals surface area contributed by atoms with Gasteiger partial charge in [-0.1, -0.05) is 28.1 Å². The number of aryl methyl sites for hydroxylation is 1. The molecular weight excluding hydrogens is 384 g/mol. The molecule has 4 N–H and O–H groups in total. The molecule has 4 aromatic rings. The first-order valence-corrected chi connectivity index (χ1v) is 8.45. The molecule has 0 bridgehead atoms. The summed E-state index contributed by atoms with van der Waals surface area (Å²) >= 11 is 3.47. The number of rotatable bonds is 5. The second-order valence-corrected chi connectivity index (χ2v) is 6.49. The Morgan fingerprint density at radius 1 is 1.16 bits per heavy atom. The molecule has 0 aliphatic carbocycles. The van der Waals surface area contributed by atoms with E-state index in [0.717, 1.165) is 21.1 Å². The highest BCUT2D eigenvalue weighted by molar-refractivity contribution is 9.10. The van der Waals surface area contributed by atoms with Crippen molar-refractivity contribution < 1.29 is 0 Å². The molecule has 9 heteroatoms. The van der Waals surface area contributed by atoms with Crippen LogP contribution < -0.4 is 10.6 Å². The minimum Gasteiger partial charge on any atom is -0.350 e. The van der Waals surface area contributed by atoms with Crippen molar-refractivity contribution in [1.82, 2.24) is 30.4 Å². The number of nitrogens with one attached hydrogen (secondary N) is 4. The maximum atomic E-state index is 4.56. The van der Waals surface area contributed by atoms with Crippen LogP contribution in [0.4, 0.5) is 17.6 Å². The van der Waals surface area contributed by atoms with Gasteiger partial charge in [-0.25, -0.2) is 0 Å². The smallest absolute Gasteiger partial charge is 0.226 e. The van der Waals surface area contributed by atoms with Gasteiger partial charge in [0.25, 0.3) is 0 Å². The van der Waals surface area contributed by atoms with Crippen molar-refractivity contribution in [3.05, 3.63) is 52.3 Å². The summed E-state index contributed by atoms with van der Waals surface area (Å²) in [5.74, 6) is 1.84. The summed E-state index contributed by atoms with van der Waals surface area (Å²) in [7, 11) is 0. The van der Waals surface area contributed by atoms with Gasteiger partial charge in [0.15, 0.2) is 11.5 Å². The summed E-state index contributed by atoms with van der Waals surface area (Å²) in [6.45, 7) is 2.55. The van der Waals surface area contributed by atoms with Crippen LogP contribution >= 0.6 is 15.9 Å². The zero-order valence-corrected chi connectivity index (χ0v) is 14.9. The summed E-state index contributed by atoms with van der Waals surface area (Å²) in [6.07, 6.45) is 1.69. The second kappa shape index (κ2) is 6.52. The maximum absolute atomic E-state index is 4.56. The van der Waals surface area contributed by atoms with Gasteiger partial charge in [0.2, 0.25) is 5.95 Å². The molecule has 0 saturated heterocycles. The van der Waals surface area contributed by atoms with Gasteiger partial charge in [0.05, 0.1) is 11.6 Å². The van der Waals surface area contributed by atoms with Gasteiger partial charge in [-0.15, -0.1) is 0 Å². The van der Waals surface area contributed by atoms with Crippen LogP contribution in [0.5, 0.6) is 0 Å². The van der Waals surface area contributed by atoms with Crippen LogP contribution in [0.25, 0.3) is 11.0 Å². The molecule has 0 aliphatic rings. The summed E-state index contributed by atoms with van der Waals surface area (Å²) in [4.78, 5) is 9.02. The van der Waals surface area contributed by atoms with Gasteiger partial charge >= 0.3 is 0 Å². The minimum absolute atomic E-state index is 0.506. The molecule has 1 aromatic carbocycles. The summed E-state index contributed by atoms with van der Waals surface area (Å²) in [6, 6.07) is 9.98. The number of anilines is 3. The molecule has 3 aromatic heterocycles. The molecule has 126 valence electrons. The van der Waals surface area contributed by atoms with Gasteiger partial charge in [-0.2, -0.15) is 20.2 Å². The lowest BCUT2D eigenvalue weighted by Crippen LogP contribution is -2.06. The Kier molecular flexibility index (Phi) is 4.06. The molecule has 3 heterocycles. The van der Waals surface area contributed by atoms with Crippen LogP contribution in [0, 0.1) is 6.92 Å². The van der Waals surface area contributed by atoms with Crippen molar-refractivity contribution in [3.8, 4) is 0 Å². The van der Waals surface area contributed by atoms with Crippen molar-refractivity contribution >= 4 is 44.5 Å². The molecule has 0 saturated carbocycles. The number of aromatic nitrogens is 6. The second-order valence-electron chi connectivity index (χ2n) is 5.57. The Balaban J connectivity index is 1.61. The van der Waals surface area contributed by atoms with Crippen molar-refractivity contribution in [2.45, 2.75) is 13.5 Å². The topological polar surface area (TPSA) is 107 Å². The van der Waals surface area contributed by atoms with Crippen LogP contribution in [0.15, 0.2) is 41.0 Å². The van der Waals surface area contributed by atoms with E-state index in [4.69, 9.17) is 0 Å². The molecule has 0 atom stereocenters. The van der Waals surface area contributed by atoms with Crippen molar-refractivity contribution in [2.24, 2.45) is 0 Å². The Labute approximate surface area is 151 Å². The van der Waals surface area contributed by atoms with Crippen molar-refractivity contribution in [3.63, 3.8) is 0 Å². The fourth-order valence-electron chi connectivity index (χ4n) is 2.44. The van der Waals surface area contributed by atoms with E-state index in [-0.39, 0.29) is 0 Å². The lowest BCUT2D eigenvalue weighted by Gasteiger charge is -2.08. The summed E-state index contributed by atoms with van der Waals surface area (Å²) in [5, 5.41) is 21.3. The normalized spacial score (nSPS) is 11.0. The maximum Gasteiger partial charge on any atom is 0.226 e. The third-order valence-corrected chi connectivity index (χ3v) is 4.10. The standard InChI is InChI=1S/C16H15BrN8/c1-9-5-13(24-23-9)20-14-12-8-19-25-15(12)22-16(21-14)18-7-10-3-2-4-11(17)6-10/h2-6,8H,7H2,1H3,(H4,18,19,20,21,22,23,24,25). The first kappa shape index (κ1) is 15.6. The van der Waals surface area contributed by atoms with E-state index in [0.29, 0.717) is 29.8 Å². The fraction of sp³-hybridized carbons (Fsp3) is 0.125. The average Bonchev–Trinajstić information content (AvgIpc) is 3.22. The van der Waals surface area contributed by atoms with Crippen LogP contribution in [0.2, 0.25) is 0 Å². The fourth-order valence-corrected chi connectivity index (χ4v) is 2.89. The zero-order valence-electron chi connectivity index (χ0n) is 13.3. The third kappa shape index (κ3) is 3.45. The largest absolute Gasteiger partial charge is 0.350 e. The first-order valence-electron chi connectivity index (χ1n) is 7.66. The predicted molar refractivity (Wildman–Crippen MR) is 99.8 cm³/mol. The highest BCUT2D eigenvalue weighted by atomic mass is 79.9. The highest BCUT2D eigenvalue weighted by Gasteiger charge is 2.11. The van der Waals surface area contributed by atoms with Crippen molar-refractivity contribution in [2.75, 3.05) is 10.6 Å². The van der Waals surface area contributed by atoms with Crippen LogP contribution in [0.3, 0.4) is 0 Å². The number of aromatic amines is 2. The molecule has 0 radical (unpaired) electrons. The number of nitrogens with zero attached hydrogens (tertiary/aromatic N) is 4. The monoisotopic (exact) mass is 398 g/mol. The molecule has 0 unspecified atom stereocenters. The van der Waals surface area contributed by atoms with Gasteiger partial charge in [-0.3, -0.25) is 10.2 Å². The number of hydrogen-bond donors (Lipinski definition) is 4. The molecule has 0 aliphatic heterocycles. The van der Waals surface area contributed by atoms with E-state index in [9.17, 15) is 0 Å². The van der Waals surface area contributed by atoms with Gasteiger partial charge < -0.3 is 10.6 Å². The number of halogens is 1. The van der Waals surface area contributed by atoms with E-state index in [1.165, 1.54) is 0 Å². The Hall–Kier alpha value is -2.94. The van der Waals surface area contributed by atoms with Crippen LogP contribution in [-0.2, 0) is 6.54 Å². The molecule has 4 rings (SSSR count). The van der Waals surface area contributed by atoms with Crippen LogP contribution in [-0.4, -0.2) is 30.4 Å². The van der Waals surface area contributed by atoms with E-state index < -0.39 is 0 Å². The van der Waals surface area contributed by atoms with Gasteiger partial charge in [0.1, 0.15) is 5.82 Å². The van der Waals surface area contributed by atoms with E-state index in [1.807, 2.05) is 37.3 Å². The molecular formula is C16H15BrN8. The summed E-state index contributed by atoms with van der Waals surface area (Å²) < 4.78 is 1.04. The van der Waals surface area contributed by atoms with E-state index in [1.54, 1.807) is 6.20 Å². The number of fused-ring (bicyclic) bond motifs is 1. The van der Waals surface area contributed by atoms with Gasteiger partial charge in [0, 0.05) is 22.8 Å². The molecule has 0 spiro atoms. The van der Waals surface area contributed by atoms with Crippen LogP contribution in [0.1, 0.15) is 11.3 Å². The summed E-state index contributed by atoms with van der Waals surface area (Å²) in [5.41, 5.74) is 2.75. The van der Waals surface area contributed by atoms with Crippen molar-refractivity contribution in [1.29, 1.82) is 0 Å². The first-order chi connectivity index (χ1) is 12.2. The molecule has 25 heavy (non-hydrogen) atoms. The Morgan fingerprint density at radius 2 is 2.08 bits per heavy atom. The lowest BCUT2D eigenvalue weighted by atomic mass is 10.2. The number of hydrogen-bond acceptors (Lipinski definition) is 6. The number of H-pyrrole nitrogens is 2. The minimum atomic E-state index is 0.506. The quantitative estimate of drug-likeness (QED) is 0.409. The van der Waals surface area contributed by atoms with E-state index in [2.05, 4.69) is 56.9 Å². The zero-order chi connectivity index (χ0) is 17.2.